The summed E-state index contributed by atoms with van der Waals surface area (Å²) in [7, 11) is 0. The zero-order chi connectivity index (χ0) is 21.8. The number of rotatable bonds is 7. The van der Waals surface area contributed by atoms with E-state index in [1.54, 1.807) is 0 Å². The van der Waals surface area contributed by atoms with Gasteiger partial charge in [0.15, 0.2) is 11.0 Å². The summed E-state index contributed by atoms with van der Waals surface area (Å²) >= 11 is 1.41. The fraction of sp³-hybridized carbons (Fsp3) is 0.240. The summed E-state index contributed by atoms with van der Waals surface area (Å²) in [6.45, 7) is 7.17. The molecule has 0 saturated heterocycles. The van der Waals surface area contributed by atoms with E-state index < -0.39 is 0 Å². The molecule has 1 N–H and O–H groups in total. The van der Waals surface area contributed by atoms with Crippen LogP contribution in [0.4, 0.5) is 5.69 Å². The smallest absolute Gasteiger partial charge is 0.234 e. The Hall–Kier alpha value is -3.12. The van der Waals surface area contributed by atoms with E-state index in [2.05, 4.69) is 65.1 Å². The van der Waals surface area contributed by atoms with E-state index in [0.717, 1.165) is 39.5 Å². The molecule has 0 aliphatic rings. The van der Waals surface area contributed by atoms with Crippen molar-refractivity contribution in [2.45, 2.75) is 38.4 Å². The second kappa shape index (κ2) is 9.35. The van der Waals surface area contributed by atoms with Crippen LogP contribution in [0.1, 0.15) is 32.3 Å². The van der Waals surface area contributed by atoms with Gasteiger partial charge in [-0.1, -0.05) is 86.3 Å². The summed E-state index contributed by atoms with van der Waals surface area (Å²) in [5.74, 6) is 1.53. The highest BCUT2D eigenvalue weighted by atomic mass is 32.2. The summed E-state index contributed by atoms with van der Waals surface area (Å²) in [6.07, 6.45) is 0. The Bertz CT molecular complexity index is 1190. The Labute approximate surface area is 186 Å². The molecular weight excluding hydrogens is 404 g/mol. The first-order chi connectivity index (χ1) is 15.1. The molecule has 1 heterocycles. The number of amides is 1. The van der Waals surface area contributed by atoms with Crippen LogP contribution >= 0.6 is 11.8 Å². The number of carbonyl (C=O) groups excluding carboxylic acids is 1. The topological polar surface area (TPSA) is 59.8 Å². The average molecular weight is 431 g/mol. The molecule has 0 aliphatic heterocycles. The minimum Gasteiger partial charge on any atom is -0.325 e. The minimum atomic E-state index is -0.0603. The molecule has 1 amide bonds. The molecule has 5 nitrogen and oxygen atoms in total. The lowest BCUT2D eigenvalue weighted by molar-refractivity contribution is -0.113. The summed E-state index contributed by atoms with van der Waals surface area (Å²) in [5.41, 5.74) is 3.16. The Morgan fingerprint density at radius 2 is 1.74 bits per heavy atom. The third-order valence-corrected chi connectivity index (χ3v) is 6.23. The lowest BCUT2D eigenvalue weighted by Crippen LogP contribution is -2.15. The Balaban J connectivity index is 1.46. The maximum absolute atomic E-state index is 12.6. The molecule has 0 bridgehead atoms. The van der Waals surface area contributed by atoms with Crippen LogP contribution in [0.15, 0.2) is 71.9 Å². The third-order valence-electron chi connectivity index (χ3n) is 5.26. The van der Waals surface area contributed by atoms with Crippen LogP contribution in [0, 0.1) is 0 Å². The lowest BCUT2D eigenvalue weighted by atomic mass is 10.0. The van der Waals surface area contributed by atoms with E-state index in [4.69, 9.17) is 0 Å². The van der Waals surface area contributed by atoms with Gasteiger partial charge < -0.3 is 9.88 Å². The molecular formula is C25H26N4OS. The molecule has 0 atom stereocenters. The molecule has 4 rings (SSSR count). The number of thioether (sulfide) groups is 1. The molecule has 31 heavy (non-hydrogen) atoms. The highest BCUT2D eigenvalue weighted by Gasteiger charge is 2.15. The van der Waals surface area contributed by atoms with E-state index in [1.807, 2.05) is 42.5 Å². The van der Waals surface area contributed by atoms with Crippen molar-refractivity contribution in [3.05, 3.63) is 72.3 Å². The molecule has 1 aromatic heterocycles. The van der Waals surface area contributed by atoms with E-state index in [9.17, 15) is 4.79 Å². The van der Waals surface area contributed by atoms with E-state index in [1.165, 1.54) is 17.3 Å². The number of carbonyl (C=O) groups is 1. The van der Waals surface area contributed by atoms with Gasteiger partial charge in [-0.25, -0.2) is 0 Å². The fourth-order valence-corrected chi connectivity index (χ4v) is 4.36. The van der Waals surface area contributed by atoms with Gasteiger partial charge in [-0.15, -0.1) is 10.2 Å². The lowest BCUT2D eigenvalue weighted by Gasteiger charge is -2.10. The second-order valence-electron chi connectivity index (χ2n) is 7.69. The zero-order valence-corrected chi connectivity index (χ0v) is 18.8. The van der Waals surface area contributed by atoms with Gasteiger partial charge >= 0.3 is 0 Å². The first-order valence-electron chi connectivity index (χ1n) is 10.5. The number of nitrogens with one attached hydrogen (secondary N) is 1. The number of aromatic nitrogens is 3. The number of hydrogen-bond acceptors (Lipinski definition) is 4. The molecule has 0 saturated carbocycles. The van der Waals surface area contributed by atoms with Crippen LogP contribution < -0.4 is 5.32 Å². The predicted molar refractivity (Wildman–Crippen MR) is 129 cm³/mol. The van der Waals surface area contributed by atoms with Crippen LogP contribution in [0.3, 0.4) is 0 Å². The minimum absolute atomic E-state index is 0.0603. The van der Waals surface area contributed by atoms with Crippen molar-refractivity contribution in [2.75, 3.05) is 11.1 Å². The summed E-state index contributed by atoms with van der Waals surface area (Å²) in [6, 6.07) is 22.4. The number of nitrogens with zero attached hydrogens (tertiary/aromatic N) is 3. The van der Waals surface area contributed by atoms with Gasteiger partial charge in [0.05, 0.1) is 5.75 Å². The standard InChI is InChI=1S/C25H26N4OS/c1-4-29-24(20-14-12-18(13-15-20)17(2)3)27-28-25(29)31-16-23(30)26-22-11-7-9-19-8-5-6-10-21(19)22/h5-15,17H,4,16H2,1-3H3,(H,26,30). The van der Waals surface area contributed by atoms with Crippen molar-refractivity contribution in [3.8, 4) is 11.4 Å². The number of anilines is 1. The van der Waals surface area contributed by atoms with Crippen molar-refractivity contribution in [1.29, 1.82) is 0 Å². The van der Waals surface area contributed by atoms with Gasteiger partial charge in [-0.05, 0) is 29.9 Å². The van der Waals surface area contributed by atoms with Gasteiger partial charge in [0, 0.05) is 23.2 Å². The molecule has 0 fully saturated rings. The molecule has 0 unspecified atom stereocenters. The quantitative estimate of drug-likeness (QED) is 0.367. The van der Waals surface area contributed by atoms with Crippen LogP contribution in [0.2, 0.25) is 0 Å². The highest BCUT2D eigenvalue weighted by molar-refractivity contribution is 7.99. The van der Waals surface area contributed by atoms with Crippen LogP contribution in [0.25, 0.3) is 22.2 Å². The number of hydrogen-bond donors (Lipinski definition) is 1. The number of benzene rings is 3. The van der Waals surface area contributed by atoms with Crippen LogP contribution in [0.5, 0.6) is 0 Å². The van der Waals surface area contributed by atoms with Crippen molar-refractivity contribution in [3.63, 3.8) is 0 Å². The van der Waals surface area contributed by atoms with E-state index in [0.29, 0.717) is 5.92 Å². The number of fused-ring (bicyclic) bond motifs is 1. The van der Waals surface area contributed by atoms with Crippen molar-refractivity contribution < 1.29 is 4.79 Å². The fourth-order valence-electron chi connectivity index (χ4n) is 3.56. The first kappa shape index (κ1) is 21.1. The zero-order valence-electron chi connectivity index (χ0n) is 18.0. The summed E-state index contributed by atoms with van der Waals surface area (Å²) in [4.78, 5) is 12.6. The van der Waals surface area contributed by atoms with Gasteiger partial charge in [-0.3, -0.25) is 4.79 Å². The van der Waals surface area contributed by atoms with Crippen LogP contribution in [-0.4, -0.2) is 26.4 Å². The third kappa shape index (κ3) is 4.64. The van der Waals surface area contributed by atoms with Crippen molar-refractivity contribution >= 4 is 34.1 Å². The Kier molecular flexibility index (Phi) is 6.37. The maximum atomic E-state index is 12.6. The monoisotopic (exact) mass is 430 g/mol. The second-order valence-corrected chi connectivity index (χ2v) is 8.63. The molecule has 0 radical (unpaired) electrons. The SMILES string of the molecule is CCn1c(SCC(=O)Nc2cccc3ccccc23)nnc1-c1ccc(C(C)C)cc1. The van der Waals surface area contributed by atoms with Crippen LogP contribution in [-0.2, 0) is 11.3 Å². The Morgan fingerprint density at radius 1 is 1.00 bits per heavy atom. The molecule has 0 aliphatic carbocycles. The molecule has 4 aromatic rings. The first-order valence-corrected chi connectivity index (χ1v) is 11.5. The molecule has 3 aromatic carbocycles. The average Bonchev–Trinajstić information content (AvgIpc) is 3.21. The largest absolute Gasteiger partial charge is 0.325 e. The van der Waals surface area contributed by atoms with Gasteiger partial charge in [-0.2, -0.15) is 0 Å². The summed E-state index contributed by atoms with van der Waals surface area (Å²) in [5, 5.41) is 14.7. The highest BCUT2D eigenvalue weighted by Crippen LogP contribution is 2.27. The van der Waals surface area contributed by atoms with E-state index in [-0.39, 0.29) is 11.7 Å². The van der Waals surface area contributed by atoms with Gasteiger partial charge in [0.2, 0.25) is 5.91 Å². The van der Waals surface area contributed by atoms with Gasteiger partial charge in [0.25, 0.3) is 0 Å². The molecule has 158 valence electrons. The molecule has 0 spiro atoms. The van der Waals surface area contributed by atoms with E-state index >= 15 is 0 Å². The van der Waals surface area contributed by atoms with Crippen molar-refractivity contribution in [2.24, 2.45) is 0 Å². The van der Waals surface area contributed by atoms with Crippen molar-refractivity contribution in [1.82, 2.24) is 14.8 Å². The van der Waals surface area contributed by atoms with Gasteiger partial charge in [0.1, 0.15) is 0 Å². The predicted octanol–water partition coefficient (Wildman–Crippen LogP) is 5.97. The normalized spacial score (nSPS) is 11.2. The Morgan fingerprint density at radius 3 is 2.48 bits per heavy atom. The molecule has 6 heteroatoms. The maximum Gasteiger partial charge on any atom is 0.234 e. The summed E-state index contributed by atoms with van der Waals surface area (Å²) < 4.78 is 2.06.